The SMILES string of the molecule is O=C(O)CNC(=O)CNC(=O)c1ccc2c(c1)CCCC(=O)N2. The summed E-state index contributed by atoms with van der Waals surface area (Å²) in [5, 5.41) is 15.8. The average molecular weight is 319 g/mol. The minimum Gasteiger partial charge on any atom is -0.480 e. The van der Waals surface area contributed by atoms with Crippen LogP contribution in [-0.2, 0) is 20.8 Å². The lowest BCUT2D eigenvalue weighted by Crippen LogP contribution is -2.39. The molecule has 4 N–H and O–H groups in total. The van der Waals surface area contributed by atoms with Crippen LogP contribution in [0, 0.1) is 0 Å². The van der Waals surface area contributed by atoms with Gasteiger partial charge in [-0.1, -0.05) is 0 Å². The summed E-state index contributed by atoms with van der Waals surface area (Å²) in [5.74, 6) is -2.22. The van der Waals surface area contributed by atoms with E-state index in [1.165, 1.54) is 0 Å². The molecular formula is C15H17N3O5. The predicted octanol–water partition coefficient (Wildman–Crippen LogP) is -0.108. The van der Waals surface area contributed by atoms with E-state index in [1.54, 1.807) is 18.2 Å². The molecule has 122 valence electrons. The van der Waals surface area contributed by atoms with Gasteiger partial charge >= 0.3 is 5.97 Å². The minimum atomic E-state index is -1.16. The lowest BCUT2D eigenvalue weighted by molar-refractivity contribution is -0.137. The number of fused-ring (bicyclic) bond motifs is 1. The Morgan fingerprint density at radius 3 is 2.65 bits per heavy atom. The standard InChI is InChI=1S/C15H17N3O5/c19-12-3-1-2-9-6-10(4-5-11(9)18-12)15(23)17-7-13(20)16-8-14(21)22/h4-6H,1-3,7-8H2,(H,16,20)(H,17,23)(H,18,19)(H,21,22). The summed E-state index contributed by atoms with van der Waals surface area (Å²) >= 11 is 0. The molecule has 0 saturated heterocycles. The number of aryl methyl sites for hydroxylation is 1. The van der Waals surface area contributed by atoms with Gasteiger partial charge in [-0.3, -0.25) is 19.2 Å². The molecule has 1 aliphatic heterocycles. The minimum absolute atomic E-state index is 0.0453. The molecule has 0 spiro atoms. The summed E-state index contributed by atoms with van der Waals surface area (Å²) in [4.78, 5) is 45.2. The normalized spacial score (nSPS) is 13.3. The first kappa shape index (κ1) is 16.5. The van der Waals surface area contributed by atoms with E-state index in [2.05, 4.69) is 16.0 Å². The number of aliphatic carboxylic acids is 1. The molecule has 1 aromatic rings. The van der Waals surface area contributed by atoms with Crippen molar-refractivity contribution >= 4 is 29.4 Å². The van der Waals surface area contributed by atoms with E-state index in [0.717, 1.165) is 5.56 Å². The van der Waals surface area contributed by atoms with Gasteiger partial charge in [-0.15, -0.1) is 0 Å². The number of carboxylic acid groups (broad SMARTS) is 1. The first-order valence-electron chi connectivity index (χ1n) is 7.15. The zero-order chi connectivity index (χ0) is 16.8. The highest BCUT2D eigenvalue weighted by Crippen LogP contribution is 2.23. The van der Waals surface area contributed by atoms with Crippen molar-refractivity contribution in [2.45, 2.75) is 19.3 Å². The molecule has 1 heterocycles. The smallest absolute Gasteiger partial charge is 0.322 e. The zero-order valence-electron chi connectivity index (χ0n) is 12.3. The third-order valence-electron chi connectivity index (χ3n) is 3.34. The fraction of sp³-hybridized carbons (Fsp3) is 0.333. The summed E-state index contributed by atoms with van der Waals surface area (Å²) in [5.41, 5.74) is 1.95. The van der Waals surface area contributed by atoms with Crippen LogP contribution in [0.4, 0.5) is 5.69 Å². The van der Waals surface area contributed by atoms with Crippen molar-refractivity contribution < 1.29 is 24.3 Å². The van der Waals surface area contributed by atoms with E-state index >= 15 is 0 Å². The van der Waals surface area contributed by atoms with E-state index in [-0.39, 0.29) is 12.5 Å². The van der Waals surface area contributed by atoms with Gasteiger partial charge in [0.1, 0.15) is 6.54 Å². The summed E-state index contributed by atoms with van der Waals surface area (Å²) < 4.78 is 0. The van der Waals surface area contributed by atoms with E-state index in [0.29, 0.717) is 30.5 Å². The monoisotopic (exact) mass is 319 g/mol. The van der Waals surface area contributed by atoms with Crippen LogP contribution in [0.15, 0.2) is 18.2 Å². The second kappa shape index (κ2) is 7.39. The van der Waals surface area contributed by atoms with Crippen LogP contribution >= 0.6 is 0 Å². The van der Waals surface area contributed by atoms with Crippen molar-refractivity contribution in [2.75, 3.05) is 18.4 Å². The Balaban J connectivity index is 1.95. The molecule has 0 fully saturated rings. The summed E-state index contributed by atoms with van der Waals surface area (Å²) in [6, 6.07) is 4.91. The predicted molar refractivity (Wildman–Crippen MR) is 81.0 cm³/mol. The van der Waals surface area contributed by atoms with Gasteiger partial charge in [0.25, 0.3) is 5.91 Å². The van der Waals surface area contributed by atoms with Crippen LogP contribution in [-0.4, -0.2) is 41.9 Å². The Kier molecular flexibility index (Phi) is 5.29. The molecule has 0 radical (unpaired) electrons. The van der Waals surface area contributed by atoms with Crippen LogP contribution in [0.5, 0.6) is 0 Å². The Hall–Kier alpha value is -2.90. The number of nitrogens with one attached hydrogen (secondary N) is 3. The number of hydrogen-bond acceptors (Lipinski definition) is 4. The van der Waals surface area contributed by atoms with Crippen LogP contribution in [0.3, 0.4) is 0 Å². The fourth-order valence-electron chi connectivity index (χ4n) is 2.22. The molecule has 23 heavy (non-hydrogen) atoms. The molecule has 8 nitrogen and oxygen atoms in total. The van der Waals surface area contributed by atoms with E-state index < -0.39 is 24.3 Å². The van der Waals surface area contributed by atoms with E-state index in [1.807, 2.05) is 0 Å². The first-order chi connectivity index (χ1) is 11.0. The Bertz CT molecular complexity index is 657. The second-order valence-corrected chi connectivity index (χ2v) is 5.13. The molecule has 8 heteroatoms. The molecule has 3 amide bonds. The molecular weight excluding hydrogens is 302 g/mol. The van der Waals surface area contributed by atoms with Gasteiger partial charge in [0, 0.05) is 17.7 Å². The van der Waals surface area contributed by atoms with Gasteiger partial charge in [0.2, 0.25) is 11.8 Å². The maximum absolute atomic E-state index is 12.0. The van der Waals surface area contributed by atoms with Gasteiger partial charge in [-0.25, -0.2) is 0 Å². The van der Waals surface area contributed by atoms with Crippen molar-refractivity contribution in [1.29, 1.82) is 0 Å². The highest BCUT2D eigenvalue weighted by Gasteiger charge is 2.15. The molecule has 0 unspecified atom stereocenters. The first-order valence-corrected chi connectivity index (χ1v) is 7.15. The second-order valence-electron chi connectivity index (χ2n) is 5.13. The molecule has 1 aromatic carbocycles. The number of carbonyl (C=O) groups excluding carboxylic acids is 3. The van der Waals surface area contributed by atoms with E-state index in [4.69, 9.17) is 5.11 Å². The van der Waals surface area contributed by atoms with Crippen LogP contribution in [0.25, 0.3) is 0 Å². The Morgan fingerprint density at radius 1 is 1.13 bits per heavy atom. The Morgan fingerprint density at radius 2 is 1.91 bits per heavy atom. The van der Waals surface area contributed by atoms with Gasteiger partial charge in [0.05, 0.1) is 6.54 Å². The Labute approximate surface area is 132 Å². The van der Waals surface area contributed by atoms with Crippen molar-refractivity contribution in [3.63, 3.8) is 0 Å². The number of hydrogen-bond donors (Lipinski definition) is 4. The third kappa shape index (κ3) is 4.80. The largest absolute Gasteiger partial charge is 0.480 e. The number of amides is 3. The topological polar surface area (TPSA) is 125 Å². The van der Waals surface area contributed by atoms with Gasteiger partial charge in [-0.05, 0) is 36.6 Å². The van der Waals surface area contributed by atoms with Crippen molar-refractivity contribution in [1.82, 2.24) is 10.6 Å². The fourth-order valence-corrected chi connectivity index (χ4v) is 2.22. The average Bonchev–Trinajstić information content (AvgIpc) is 2.70. The number of anilines is 1. The summed E-state index contributed by atoms with van der Waals surface area (Å²) in [6.07, 6.45) is 1.84. The van der Waals surface area contributed by atoms with Crippen LogP contribution in [0.1, 0.15) is 28.8 Å². The number of benzene rings is 1. The van der Waals surface area contributed by atoms with E-state index in [9.17, 15) is 19.2 Å². The summed E-state index contributed by atoms with van der Waals surface area (Å²) in [6.45, 7) is -0.798. The third-order valence-corrected chi connectivity index (χ3v) is 3.34. The molecule has 0 atom stereocenters. The maximum Gasteiger partial charge on any atom is 0.322 e. The van der Waals surface area contributed by atoms with Crippen molar-refractivity contribution in [3.8, 4) is 0 Å². The summed E-state index contributed by atoms with van der Waals surface area (Å²) in [7, 11) is 0. The molecule has 0 bridgehead atoms. The van der Waals surface area contributed by atoms with Crippen LogP contribution in [0.2, 0.25) is 0 Å². The quantitative estimate of drug-likeness (QED) is 0.603. The highest BCUT2D eigenvalue weighted by molar-refractivity contribution is 5.98. The molecule has 0 aliphatic carbocycles. The lowest BCUT2D eigenvalue weighted by Gasteiger charge is -2.10. The maximum atomic E-state index is 12.0. The van der Waals surface area contributed by atoms with Gasteiger partial charge in [0.15, 0.2) is 0 Å². The van der Waals surface area contributed by atoms with Gasteiger partial charge in [-0.2, -0.15) is 0 Å². The highest BCUT2D eigenvalue weighted by atomic mass is 16.4. The van der Waals surface area contributed by atoms with Crippen LogP contribution < -0.4 is 16.0 Å². The lowest BCUT2D eigenvalue weighted by atomic mass is 10.0. The molecule has 0 aromatic heterocycles. The van der Waals surface area contributed by atoms with Crippen molar-refractivity contribution in [2.24, 2.45) is 0 Å². The number of carboxylic acids is 1. The molecule has 2 rings (SSSR count). The molecule has 0 saturated carbocycles. The molecule has 1 aliphatic rings. The number of carbonyl (C=O) groups is 4. The van der Waals surface area contributed by atoms with Crippen molar-refractivity contribution in [3.05, 3.63) is 29.3 Å². The van der Waals surface area contributed by atoms with Gasteiger partial charge < -0.3 is 21.1 Å². The number of rotatable bonds is 5. The zero-order valence-corrected chi connectivity index (χ0v) is 12.3.